The highest BCUT2D eigenvalue weighted by molar-refractivity contribution is 5.94. The summed E-state index contributed by atoms with van der Waals surface area (Å²) in [7, 11) is 0. The molecule has 1 saturated heterocycles. The minimum absolute atomic E-state index is 0.0489. The highest BCUT2D eigenvalue weighted by Gasteiger charge is 2.26. The van der Waals surface area contributed by atoms with Crippen LogP contribution in [-0.2, 0) is 9.59 Å². The van der Waals surface area contributed by atoms with Crippen LogP contribution in [0.1, 0.15) is 20.8 Å². The minimum Gasteiger partial charge on any atom is -0.486 e. The molecule has 0 aliphatic carbocycles. The maximum absolute atomic E-state index is 12.7. The van der Waals surface area contributed by atoms with E-state index in [1.54, 1.807) is 6.07 Å². The lowest BCUT2D eigenvalue weighted by Gasteiger charge is -2.37. The Balaban J connectivity index is 1.47. The minimum atomic E-state index is -0.250. The van der Waals surface area contributed by atoms with E-state index in [4.69, 9.17) is 9.47 Å². The zero-order valence-corrected chi connectivity index (χ0v) is 16.9. The number of hydrogen-bond donors (Lipinski definition) is 2. The number of piperazine rings is 1. The number of hydrogen-bond acceptors (Lipinski definition) is 6. The molecule has 8 heteroatoms. The Morgan fingerprint density at radius 2 is 1.71 bits per heavy atom. The molecule has 1 aromatic rings. The third-order valence-corrected chi connectivity index (χ3v) is 4.96. The predicted molar refractivity (Wildman–Crippen MR) is 107 cm³/mol. The van der Waals surface area contributed by atoms with Gasteiger partial charge in [-0.05, 0) is 32.9 Å². The molecule has 0 bridgehead atoms. The molecule has 0 unspecified atom stereocenters. The number of benzene rings is 1. The number of fused-ring (bicyclic) bond motifs is 1. The lowest BCUT2D eigenvalue weighted by atomic mass is 10.2. The van der Waals surface area contributed by atoms with Crippen molar-refractivity contribution in [2.45, 2.75) is 32.9 Å². The third kappa shape index (κ3) is 5.36. The molecule has 1 atom stereocenters. The normalized spacial score (nSPS) is 18.6. The summed E-state index contributed by atoms with van der Waals surface area (Å²) in [6.45, 7) is 10.3. The van der Waals surface area contributed by atoms with E-state index in [0.29, 0.717) is 36.9 Å². The Morgan fingerprint density at radius 3 is 2.39 bits per heavy atom. The van der Waals surface area contributed by atoms with Crippen LogP contribution in [0, 0.1) is 0 Å². The van der Waals surface area contributed by atoms with Gasteiger partial charge in [0.05, 0.1) is 12.6 Å². The highest BCUT2D eigenvalue weighted by atomic mass is 16.6. The molecule has 0 spiro atoms. The molecule has 2 N–H and O–H groups in total. The lowest BCUT2D eigenvalue weighted by Crippen LogP contribution is -2.54. The van der Waals surface area contributed by atoms with Gasteiger partial charge in [0, 0.05) is 44.0 Å². The molecule has 1 fully saturated rings. The van der Waals surface area contributed by atoms with Gasteiger partial charge in [-0.1, -0.05) is 0 Å². The summed E-state index contributed by atoms with van der Waals surface area (Å²) in [5.41, 5.74) is 0.699. The summed E-state index contributed by atoms with van der Waals surface area (Å²) in [4.78, 5) is 28.8. The van der Waals surface area contributed by atoms with Gasteiger partial charge < -0.3 is 20.1 Å². The molecule has 8 nitrogen and oxygen atoms in total. The van der Waals surface area contributed by atoms with E-state index < -0.39 is 0 Å². The average molecular weight is 390 g/mol. The molecule has 3 rings (SSSR count). The maximum Gasteiger partial charge on any atom is 0.241 e. The molecular formula is C20H30N4O4. The van der Waals surface area contributed by atoms with Gasteiger partial charge in [-0.25, -0.2) is 0 Å². The van der Waals surface area contributed by atoms with Crippen LogP contribution in [0.25, 0.3) is 0 Å². The van der Waals surface area contributed by atoms with E-state index >= 15 is 0 Å². The van der Waals surface area contributed by atoms with Crippen LogP contribution in [0.4, 0.5) is 5.69 Å². The number of amides is 2. The van der Waals surface area contributed by atoms with Crippen LogP contribution in [0.2, 0.25) is 0 Å². The standard InChI is InChI=1S/C20H30N4O4/c1-14(2)21-19(25)13-23-6-8-24(9-7-23)15(3)20(26)22-16-4-5-17-18(12-16)28-11-10-27-17/h4-5,12,14-15H,6-11,13H2,1-3H3,(H,21,25)(H,22,26)/t15-/m1/s1. The summed E-state index contributed by atoms with van der Waals surface area (Å²) in [6.07, 6.45) is 0. The Morgan fingerprint density at radius 1 is 1.04 bits per heavy atom. The number of carbonyl (C=O) groups excluding carboxylic acids is 2. The zero-order chi connectivity index (χ0) is 20.1. The average Bonchev–Trinajstić information content (AvgIpc) is 2.67. The van der Waals surface area contributed by atoms with Gasteiger partial charge in [0.2, 0.25) is 11.8 Å². The zero-order valence-electron chi connectivity index (χ0n) is 16.9. The maximum atomic E-state index is 12.7. The molecule has 0 radical (unpaired) electrons. The third-order valence-electron chi connectivity index (χ3n) is 4.96. The van der Waals surface area contributed by atoms with E-state index in [2.05, 4.69) is 20.4 Å². The molecule has 0 aromatic heterocycles. The summed E-state index contributed by atoms with van der Waals surface area (Å²) < 4.78 is 11.1. The highest BCUT2D eigenvalue weighted by Crippen LogP contribution is 2.32. The number of rotatable bonds is 6. The predicted octanol–water partition coefficient (Wildman–Crippen LogP) is 0.927. The number of ether oxygens (including phenoxy) is 2. The van der Waals surface area contributed by atoms with Gasteiger partial charge in [-0.15, -0.1) is 0 Å². The number of carbonyl (C=O) groups is 2. The van der Waals surface area contributed by atoms with Crippen molar-refractivity contribution >= 4 is 17.5 Å². The van der Waals surface area contributed by atoms with Crippen molar-refractivity contribution in [1.82, 2.24) is 15.1 Å². The van der Waals surface area contributed by atoms with Crippen molar-refractivity contribution in [3.05, 3.63) is 18.2 Å². The smallest absolute Gasteiger partial charge is 0.241 e. The van der Waals surface area contributed by atoms with Crippen LogP contribution >= 0.6 is 0 Å². The summed E-state index contributed by atoms with van der Waals surface area (Å²) >= 11 is 0. The molecular weight excluding hydrogens is 360 g/mol. The Hall–Kier alpha value is -2.32. The largest absolute Gasteiger partial charge is 0.486 e. The fourth-order valence-electron chi connectivity index (χ4n) is 3.41. The van der Waals surface area contributed by atoms with Crippen LogP contribution < -0.4 is 20.1 Å². The topological polar surface area (TPSA) is 83.1 Å². The lowest BCUT2D eigenvalue weighted by molar-refractivity contribution is -0.125. The fraction of sp³-hybridized carbons (Fsp3) is 0.600. The van der Waals surface area contributed by atoms with E-state index in [1.807, 2.05) is 32.9 Å². The van der Waals surface area contributed by atoms with Gasteiger partial charge in [0.1, 0.15) is 13.2 Å². The van der Waals surface area contributed by atoms with Gasteiger partial charge >= 0.3 is 0 Å². The van der Waals surface area contributed by atoms with E-state index in [1.165, 1.54) is 0 Å². The van der Waals surface area contributed by atoms with Gasteiger partial charge in [-0.2, -0.15) is 0 Å². The molecule has 2 aliphatic rings. The molecule has 0 saturated carbocycles. The van der Waals surface area contributed by atoms with Crippen LogP contribution in [-0.4, -0.2) is 79.6 Å². The van der Waals surface area contributed by atoms with Crippen LogP contribution in [0.5, 0.6) is 11.5 Å². The van der Waals surface area contributed by atoms with Crippen LogP contribution in [0.15, 0.2) is 18.2 Å². The first kappa shape index (κ1) is 20.4. The Labute approximate surface area is 166 Å². The molecule has 2 amide bonds. The number of anilines is 1. The van der Waals surface area contributed by atoms with Crippen molar-refractivity contribution in [1.29, 1.82) is 0 Å². The Bertz CT molecular complexity index is 701. The Kier molecular flexibility index (Phi) is 6.74. The van der Waals surface area contributed by atoms with Gasteiger partial charge in [0.15, 0.2) is 11.5 Å². The first-order valence-corrected chi connectivity index (χ1v) is 9.88. The second-order valence-electron chi connectivity index (χ2n) is 7.56. The van der Waals surface area contributed by atoms with Crippen molar-refractivity contribution in [3.63, 3.8) is 0 Å². The molecule has 2 heterocycles. The summed E-state index contributed by atoms with van der Waals surface area (Å²) in [5, 5.41) is 5.87. The summed E-state index contributed by atoms with van der Waals surface area (Å²) in [5.74, 6) is 1.36. The van der Waals surface area contributed by atoms with Gasteiger partial charge in [-0.3, -0.25) is 19.4 Å². The van der Waals surface area contributed by atoms with E-state index in [-0.39, 0.29) is 23.9 Å². The SMILES string of the molecule is CC(C)NC(=O)CN1CCN([C@H](C)C(=O)Nc2ccc3c(c2)OCCO3)CC1. The van der Waals surface area contributed by atoms with E-state index in [9.17, 15) is 9.59 Å². The molecule has 28 heavy (non-hydrogen) atoms. The van der Waals surface area contributed by atoms with Crippen molar-refractivity contribution < 1.29 is 19.1 Å². The molecule has 2 aliphatic heterocycles. The fourth-order valence-corrected chi connectivity index (χ4v) is 3.41. The second kappa shape index (κ2) is 9.25. The van der Waals surface area contributed by atoms with E-state index in [0.717, 1.165) is 26.2 Å². The first-order chi connectivity index (χ1) is 13.4. The van der Waals surface area contributed by atoms with Crippen LogP contribution in [0.3, 0.4) is 0 Å². The van der Waals surface area contributed by atoms with Crippen molar-refractivity contribution in [2.75, 3.05) is 51.3 Å². The van der Waals surface area contributed by atoms with Crippen molar-refractivity contribution in [3.8, 4) is 11.5 Å². The van der Waals surface area contributed by atoms with Crippen molar-refractivity contribution in [2.24, 2.45) is 0 Å². The monoisotopic (exact) mass is 390 g/mol. The molecule has 1 aromatic carbocycles. The quantitative estimate of drug-likeness (QED) is 0.752. The number of nitrogens with one attached hydrogen (secondary N) is 2. The first-order valence-electron chi connectivity index (χ1n) is 9.88. The summed E-state index contributed by atoms with van der Waals surface area (Å²) in [6, 6.07) is 5.33. The molecule has 154 valence electrons. The second-order valence-corrected chi connectivity index (χ2v) is 7.56. The van der Waals surface area contributed by atoms with Gasteiger partial charge in [0.25, 0.3) is 0 Å². The number of nitrogens with zero attached hydrogens (tertiary/aromatic N) is 2.